The second kappa shape index (κ2) is 5.49. The van der Waals surface area contributed by atoms with E-state index >= 15 is 0 Å². The first-order valence-corrected chi connectivity index (χ1v) is 6.42. The van der Waals surface area contributed by atoms with E-state index in [0.29, 0.717) is 12.0 Å². The van der Waals surface area contributed by atoms with Gasteiger partial charge < -0.3 is 15.7 Å². The number of hydrogen-bond acceptors (Lipinski definition) is 3. The van der Waals surface area contributed by atoms with Crippen LogP contribution in [0.3, 0.4) is 0 Å². The van der Waals surface area contributed by atoms with Gasteiger partial charge in [-0.25, -0.2) is 0 Å². The van der Waals surface area contributed by atoms with Crippen LogP contribution in [0.4, 0.5) is 0 Å². The number of piperidine rings is 1. The second-order valence-electron chi connectivity index (χ2n) is 5.06. The molecule has 1 heterocycles. The Kier molecular flexibility index (Phi) is 3.99. The number of nitrogens with one attached hydrogen (secondary N) is 2. The monoisotopic (exact) mass is 240 g/mol. The molecule has 2 fully saturated rings. The Hall–Kier alpha value is -1.10. The molecule has 0 bridgehead atoms. The average Bonchev–Trinajstić information content (AvgIpc) is 2.35. The van der Waals surface area contributed by atoms with Crippen molar-refractivity contribution in [1.29, 1.82) is 0 Å². The molecule has 1 aliphatic carbocycles. The van der Waals surface area contributed by atoms with Gasteiger partial charge in [-0.05, 0) is 31.6 Å². The van der Waals surface area contributed by atoms with Crippen molar-refractivity contribution in [3.63, 3.8) is 0 Å². The van der Waals surface area contributed by atoms with Crippen molar-refractivity contribution in [2.24, 2.45) is 5.92 Å². The molecule has 1 aliphatic heterocycles. The van der Waals surface area contributed by atoms with Gasteiger partial charge in [-0.2, -0.15) is 0 Å². The highest BCUT2D eigenvalue weighted by Gasteiger charge is 2.34. The Morgan fingerprint density at radius 3 is 2.71 bits per heavy atom. The van der Waals surface area contributed by atoms with Crippen LogP contribution in [-0.2, 0) is 9.59 Å². The standard InChI is InChI=1S/C12H20N2O3/c15-11(16)7-13-12(17)10-6-5-8-3-1-2-4-9(8)14-10/h8-10,14H,1-7H2,(H,13,17)(H,15,16). The number of hydrogen-bond donors (Lipinski definition) is 3. The molecule has 0 aromatic carbocycles. The fourth-order valence-electron chi connectivity index (χ4n) is 2.99. The highest BCUT2D eigenvalue weighted by molar-refractivity contribution is 5.85. The van der Waals surface area contributed by atoms with Crippen LogP contribution in [-0.4, -0.2) is 35.6 Å². The Labute approximate surface area is 101 Å². The zero-order valence-corrected chi connectivity index (χ0v) is 9.95. The molecule has 0 radical (unpaired) electrons. The fraction of sp³-hybridized carbons (Fsp3) is 0.833. The van der Waals surface area contributed by atoms with Gasteiger partial charge >= 0.3 is 5.97 Å². The zero-order chi connectivity index (χ0) is 12.3. The van der Waals surface area contributed by atoms with Crippen LogP contribution >= 0.6 is 0 Å². The first-order valence-electron chi connectivity index (χ1n) is 6.42. The van der Waals surface area contributed by atoms with Gasteiger partial charge in [-0.15, -0.1) is 0 Å². The Morgan fingerprint density at radius 1 is 1.18 bits per heavy atom. The molecular formula is C12H20N2O3. The van der Waals surface area contributed by atoms with Gasteiger partial charge in [0.05, 0.1) is 6.04 Å². The predicted molar refractivity (Wildman–Crippen MR) is 62.5 cm³/mol. The molecule has 0 aromatic heterocycles. The molecule has 3 N–H and O–H groups in total. The fourth-order valence-corrected chi connectivity index (χ4v) is 2.99. The van der Waals surface area contributed by atoms with Crippen molar-refractivity contribution in [2.45, 2.75) is 50.6 Å². The van der Waals surface area contributed by atoms with Crippen LogP contribution in [0.1, 0.15) is 38.5 Å². The molecule has 96 valence electrons. The van der Waals surface area contributed by atoms with Gasteiger partial charge in [0.2, 0.25) is 5.91 Å². The summed E-state index contributed by atoms with van der Waals surface area (Å²) in [5.74, 6) is -0.451. The molecule has 1 saturated carbocycles. The van der Waals surface area contributed by atoms with Gasteiger partial charge in [-0.1, -0.05) is 12.8 Å². The number of carboxylic acid groups (broad SMARTS) is 1. The second-order valence-corrected chi connectivity index (χ2v) is 5.06. The number of aliphatic carboxylic acids is 1. The van der Waals surface area contributed by atoms with Crippen LogP contribution in [0.5, 0.6) is 0 Å². The summed E-state index contributed by atoms with van der Waals surface area (Å²) >= 11 is 0. The number of carbonyl (C=O) groups is 2. The largest absolute Gasteiger partial charge is 0.480 e. The van der Waals surface area contributed by atoms with Crippen LogP contribution in [0.2, 0.25) is 0 Å². The molecule has 0 spiro atoms. The quantitative estimate of drug-likeness (QED) is 0.671. The molecule has 3 atom stereocenters. The minimum atomic E-state index is -0.996. The summed E-state index contributed by atoms with van der Waals surface area (Å²) in [5, 5.41) is 14.3. The van der Waals surface area contributed by atoms with Crippen molar-refractivity contribution in [3.05, 3.63) is 0 Å². The third kappa shape index (κ3) is 3.19. The minimum Gasteiger partial charge on any atom is -0.480 e. The van der Waals surface area contributed by atoms with E-state index in [1.165, 1.54) is 19.3 Å². The number of rotatable bonds is 3. The van der Waals surface area contributed by atoms with Gasteiger partial charge in [0.25, 0.3) is 0 Å². The van der Waals surface area contributed by atoms with Crippen molar-refractivity contribution >= 4 is 11.9 Å². The van der Waals surface area contributed by atoms with E-state index in [9.17, 15) is 9.59 Å². The molecule has 5 heteroatoms. The Bertz CT molecular complexity index is 306. The summed E-state index contributed by atoms with van der Waals surface area (Å²) in [4.78, 5) is 22.1. The Balaban J connectivity index is 1.82. The summed E-state index contributed by atoms with van der Waals surface area (Å²) in [6.45, 7) is -0.287. The van der Waals surface area contributed by atoms with Crippen molar-refractivity contribution < 1.29 is 14.7 Å². The minimum absolute atomic E-state index is 0.170. The van der Waals surface area contributed by atoms with Gasteiger partial charge in [0, 0.05) is 6.04 Å². The maximum Gasteiger partial charge on any atom is 0.322 e. The molecule has 0 aromatic rings. The highest BCUT2D eigenvalue weighted by Crippen LogP contribution is 2.32. The highest BCUT2D eigenvalue weighted by atomic mass is 16.4. The third-order valence-electron chi connectivity index (χ3n) is 3.88. The Morgan fingerprint density at radius 2 is 1.94 bits per heavy atom. The lowest BCUT2D eigenvalue weighted by molar-refractivity contribution is -0.138. The van der Waals surface area contributed by atoms with Crippen molar-refractivity contribution in [3.8, 4) is 0 Å². The molecule has 2 rings (SSSR count). The molecule has 5 nitrogen and oxygen atoms in total. The zero-order valence-electron chi connectivity index (χ0n) is 9.95. The van der Waals surface area contributed by atoms with E-state index < -0.39 is 5.97 Å². The van der Waals surface area contributed by atoms with E-state index in [1.54, 1.807) is 0 Å². The van der Waals surface area contributed by atoms with Gasteiger partial charge in [0.1, 0.15) is 6.54 Å². The van der Waals surface area contributed by atoms with Gasteiger partial charge in [-0.3, -0.25) is 9.59 Å². The predicted octanol–water partition coefficient (Wildman–Crippen LogP) is 0.498. The first-order chi connectivity index (χ1) is 8.16. The molecule has 1 amide bonds. The van der Waals surface area contributed by atoms with Gasteiger partial charge in [0.15, 0.2) is 0 Å². The maximum absolute atomic E-state index is 11.7. The average molecular weight is 240 g/mol. The van der Waals surface area contributed by atoms with E-state index in [0.717, 1.165) is 19.3 Å². The lowest BCUT2D eigenvalue weighted by atomic mass is 9.77. The smallest absolute Gasteiger partial charge is 0.322 e. The third-order valence-corrected chi connectivity index (χ3v) is 3.88. The molecular weight excluding hydrogens is 220 g/mol. The SMILES string of the molecule is O=C(O)CNC(=O)C1CCC2CCCCC2N1. The van der Waals surface area contributed by atoms with E-state index in [-0.39, 0.29) is 18.5 Å². The summed E-state index contributed by atoms with van der Waals surface area (Å²) in [7, 11) is 0. The number of carboxylic acids is 1. The van der Waals surface area contributed by atoms with Crippen LogP contribution in [0.25, 0.3) is 0 Å². The number of amides is 1. The summed E-state index contributed by atoms with van der Waals surface area (Å²) in [6, 6.07) is 0.256. The molecule has 3 unspecified atom stereocenters. The number of carbonyl (C=O) groups excluding carboxylic acids is 1. The lowest BCUT2D eigenvalue weighted by Gasteiger charge is -2.39. The number of fused-ring (bicyclic) bond motifs is 1. The molecule has 1 saturated heterocycles. The summed E-state index contributed by atoms with van der Waals surface area (Å²) in [5.41, 5.74) is 0. The first kappa shape index (κ1) is 12.4. The van der Waals surface area contributed by atoms with Crippen LogP contribution in [0.15, 0.2) is 0 Å². The van der Waals surface area contributed by atoms with E-state index in [1.807, 2.05) is 0 Å². The molecule has 2 aliphatic rings. The van der Waals surface area contributed by atoms with Crippen LogP contribution in [0, 0.1) is 5.92 Å². The lowest BCUT2D eigenvalue weighted by Crippen LogP contribution is -2.55. The maximum atomic E-state index is 11.7. The van der Waals surface area contributed by atoms with Crippen molar-refractivity contribution in [1.82, 2.24) is 10.6 Å². The van der Waals surface area contributed by atoms with E-state index in [2.05, 4.69) is 10.6 Å². The van der Waals surface area contributed by atoms with E-state index in [4.69, 9.17) is 5.11 Å². The normalized spacial score (nSPS) is 32.6. The van der Waals surface area contributed by atoms with Crippen LogP contribution < -0.4 is 10.6 Å². The molecule has 17 heavy (non-hydrogen) atoms. The summed E-state index contributed by atoms with van der Waals surface area (Å²) in [6.07, 6.45) is 6.86. The topological polar surface area (TPSA) is 78.4 Å². The summed E-state index contributed by atoms with van der Waals surface area (Å²) < 4.78 is 0. The van der Waals surface area contributed by atoms with Crippen molar-refractivity contribution in [2.75, 3.05) is 6.54 Å².